The number of nitrogens with one attached hydrogen (secondary N) is 1. The molecular weight excluding hydrogens is 222 g/mol. The summed E-state index contributed by atoms with van der Waals surface area (Å²) in [4.78, 5) is 0. The van der Waals surface area contributed by atoms with Crippen LogP contribution in [0.15, 0.2) is 42.7 Å². The van der Waals surface area contributed by atoms with Gasteiger partial charge in [0.15, 0.2) is 0 Å². The van der Waals surface area contributed by atoms with Crippen molar-refractivity contribution in [3.8, 4) is 0 Å². The van der Waals surface area contributed by atoms with Crippen molar-refractivity contribution < 1.29 is 0 Å². The molecule has 1 aromatic heterocycles. The van der Waals surface area contributed by atoms with Crippen molar-refractivity contribution in [2.24, 2.45) is 13.0 Å². The smallest absolute Gasteiger partial charge is 0.0726 e. The number of hydrogen-bond acceptors (Lipinski definition) is 2. The lowest BCUT2D eigenvalue weighted by Gasteiger charge is -2.22. The molecular formula is C15H21N3. The van der Waals surface area contributed by atoms with Crippen LogP contribution in [-0.2, 0) is 7.05 Å². The van der Waals surface area contributed by atoms with E-state index >= 15 is 0 Å². The van der Waals surface area contributed by atoms with Gasteiger partial charge in [0.1, 0.15) is 0 Å². The molecule has 0 aliphatic carbocycles. The summed E-state index contributed by atoms with van der Waals surface area (Å²) in [5.41, 5.74) is 2.47. The van der Waals surface area contributed by atoms with Gasteiger partial charge in [-0.25, -0.2) is 0 Å². The van der Waals surface area contributed by atoms with E-state index in [2.05, 4.69) is 54.6 Å². The maximum atomic E-state index is 4.17. The van der Waals surface area contributed by atoms with Gasteiger partial charge in [0.2, 0.25) is 0 Å². The lowest BCUT2D eigenvalue weighted by Crippen LogP contribution is -2.17. The monoisotopic (exact) mass is 243 g/mol. The molecule has 0 saturated heterocycles. The largest absolute Gasteiger partial charge is 0.382 e. The van der Waals surface area contributed by atoms with E-state index in [1.165, 1.54) is 5.56 Å². The predicted molar refractivity (Wildman–Crippen MR) is 75.7 cm³/mol. The van der Waals surface area contributed by atoms with Crippen LogP contribution in [0.25, 0.3) is 0 Å². The van der Waals surface area contributed by atoms with E-state index in [9.17, 15) is 0 Å². The third-order valence-electron chi connectivity index (χ3n) is 3.26. The second kappa shape index (κ2) is 5.71. The third-order valence-corrected chi connectivity index (χ3v) is 3.26. The first-order chi connectivity index (χ1) is 8.66. The fourth-order valence-corrected chi connectivity index (χ4v) is 2.18. The Hall–Kier alpha value is -1.77. The summed E-state index contributed by atoms with van der Waals surface area (Å²) in [5.74, 6) is 1.13. The number of aryl methyl sites for hydroxylation is 1. The third kappa shape index (κ3) is 3.13. The van der Waals surface area contributed by atoms with E-state index in [0.29, 0.717) is 11.8 Å². The zero-order chi connectivity index (χ0) is 13.0. The SMILES string of the molecule is CC(C)C(CNc1cnn(C)c1)c1ccccc1. The molecule has 1 unspecified atom stereocenters. The summed E-state index contributed by atoms with van der Waals surface area (Å²) in [7, 11) is 1.93. The van der Waals surface area contributed by atoms with Gasteiger partial charge in [-0.1, -0.05) is 44.2 Å². The van der Waals surface area contributed by atoms with Crippen LogP contribution in [0.3, 0.4) is 0 Å². The van der Waals surface area contributed by atoms with Gasteiger partial charge in [-0.2, -0.15) is 5.10 Å². The van der Waals surface area contributed by atoms with Crippen LogP contribution >= 0.6 is 0 Å². The second-order valence-electron chi connectivity index (χ2n) is 5.04. The van der Waals surface area contributed by atoms with Crippen molar-refractivity contribution in [2.45, 2.75) is 19.8 Å². The van der Waals surface area contributed by atoms with Crippen molar-refractivity contribution >= 4 is 5.69 Å². The second-order valence-corrected chi connectivity index (χ2v) is 5.04. The topological polar surface area (TPSA) is 29.9 Å². The molecule has 3 heteroatoms. The summed E-state index contributed by atoms with van der Waals surface area (Å²) < 4.78 is 1.81. The molecule has 0 amide bonds. The summed E-state index contributed by atoms with van der Waals surface area (Å²) in [6.07, 6.45) is 3.87. The van der Waals surface area contributed by atoms with Crippen LogP contribution in [0, 0.1) is 5.92 Å². The van der Waals surface area contributed by atoms with Crippen molar-refractivity contribution in [3.05, 3.63) is 48.3 Å². The van der Waals surface area contributed by atoms with E-state index < -0.39 is 0 Å². The van der Waals surface area contributed by atoms with E-state index in [4.69, 9.17) is 0 Å². The minimum Gasteiger partial charge on any atom is -0.382 e. The fraction of sp³-hybridized carbons (Fsp3) is 0.400. The predicted octanol–water partition coefficient (Wildman–Crippen LogP) is 3.27. The first-order valence-corrected chi connectivity index (χ1v) is 6.44. The minimum absolute atomic E-state index is 0.520. The molecule has 3 nitrogen and oxygen atoms in total. The van der Waals surface area contributed by atoms with Crippen molar-refractivity contribution in [3.63, 3.8) is 0 Å². The molecule has 1 heterocycles. The van der Waals surface area contributed by atoms with Crippen LogP contribution in [0.1, 0.15) is 25.3 Å². The maximum Gasteiger partial charge on any atom is 0.0726 e. The van der Waals surface area contributed by atoms with E-state index in [1.807, 2.05) is 24.1 Å². The van der Waals surface area contributed by atoms with Gasteiger partial charge in [-0.05, 0) is 11.5 Å². The fourth-order valence-electron chi connectivity index (χ4n) is 2.18. The maximum absolute atomic E-state index is 4.17. The molecule has 1 atom stereocenters. The number of benzene rings is 1. The normalized spacial score (nSPS) is 12.7. The van der Waals surface area contributed by atoms with Gasteiger partial charge in [-0.3, -0.25) is 4.68 Å². The van der Waals surface area contributed by atoms with E-state index in [1.54, 1.807) is 0 Å². The summed E-state index contributed by atoms with van der Waals surface area (Å²) in [5, 5.41) is 7.63. The van der Waals surface area contributed by atoms with Crippen LogP contribution in [0.2, 0.25) is 0 Å². The van der Waals surface area contributed by atoms with Gasteiger partial charge in [0, 0.05) is 25.7 Å². The van der Waals surface area contributed by atoms with E-state index in [0.717, 1.165) is 12.2 Å². The Bertz CT molecular complexity index is 473. The molecule has 0 fully saturated rings. The van der Waals surface area contributed by atoms with Crippen molar-refractivity contribution in [1.82, 2.24) is 9.78 Å². The molecule has 96 valence electrons. The van der Waals surface area contributed by atoms with Crippen LogP contribution in [-0.4, -0.2) is 16.3 Å². The van der Waals surface area contributed by atoms with Crippen molar-refractivity contribution in [2.75, 3.05) is 11.9 Å². The Balaban J connectivity index is 2.03. The average molecular weight is 243 g/mol. The van der Waals surface area contributed by atoms with Gasteiger partial charge in [0.05, 0.1) is 11.9 Å². The highest BCUT2D eigenvalue weighted by Crippen LogP contribution is 2.24. The summed E-state index contributed by atoms with van der Waals surface area (Å²) in [6.45, 7) is 5.47. The molecule has 1 aromatic carbocycles. The Morgan fingerprint density at radius 1 is 1.22 bits per heavy atom. The number of nitrogens with zero attached hydrogens (tertiary/aromatic N) is 2. The van der Waals surface area contributed by atoms with Crippen molar-refractivity contribution in [1.29, 1.82) is 0 Å². The Kier molecular flexibility index (Phi) is 4.03. The zero-order valence-electron chi connectivity index (χ0n) is 11.3. The van der Waals surface area contributed by atoms with Gasteiger partial charge >= 0.3 is 0 Å². The first-order valence-electron chi connectivity index (χ1n) is 6.44. The van der Waals surface area contributed by atoms with Gasteiger partial charge < -0.3 is 5.32 Å². The molecule has 0 aliphatic rings. The van der Waals surface area contributed by atoms with Gasteiger partial charge in [-0.15, -0.1) is 0 Å². The molecule has 0 aliphatic heterocycles. The Morgan fingerprint density at radius 3 is 2.50 bits per heavy atom. The van der Waals surface area contributed by atoms with Crippen LogP contribution in [0.5, 0.6) is 0 Å². The minimum atomic E-state index is 0.520. The standard InChI is InChI=1S/C15H21N3/c1-12(2)15(13-7-5-4-6-8-13)10-16-14-9-17-18(3)11-14/h4-9,11-12,15-16H,10H2,1-3H3. The molecule has 2 aromatic rings. The quantitative estimate of drug-likeness (QED) is 0.873. The molecule has 0 saturated carbocycles. The number of anilines is 1. The molecule has 18 heavy (non-hydrogen) atoms. The molecule has 0 radical (unpaired) electrons. The summed E-state index contributed by atoms with van der Waals surface area (Å²) in [6, 6.07) is 10.7. The molecule has 1 N–H and O–H groups in total. The van der Waals surface area contributed by atoms with E-state index in [-0.39, 0.29) is 0 Å². The number of rotatable bonds is 5. The highest BCUT2D eigenvalue weighted by atomic mass is 15.3. The first kappa shape index (κ1) is 12.7. The zero-order valence-corrected chi connectivity index (χ0v) is 11.3. The molecule has 0 spiro atoms. The lowest BCUT2D eigenvalue weighted by atomic mass is 9.88. The molecule has 2 rings (SSSR count). The number of hydrogen-bond donors (Lipinski definition) is 1. The highest BCUT2D eigenvalue weighted by Gasteiger charge is 2.15. The molecule has 0 bridgehead atoms. The van der Waals surface area contributed by atoms with Gasteiger partial charge in [0.25, 0.3) is 0 Å². The van der Waals surface area contributed by atoms with Crippen LogP contribution < -0.4 is 5.32 Å². The summed E-state index contributed by atoms with van der Waals surface area (Å²) >= 11 is 0. The highest BCUT2D eigenvalue weighted by molar-refractivity contribution is 5.39. The average Bonchev–Trinajstić information content (AvgIpc) is 2.76. The lowest BCUT2D eigenvalue weighted by molar-refractivity contribution is 0.517. The number of aromatic nitrogens is 2. The van der Waals surface area contributed by atoms with Crippen LogP contribution in [0.4, 0.5) is 5.69 Å². The Morgan fingerprint density at radius 2 is 1.94 bits per heavy atom. The Labute approximate surface area is 109 Å².